The smallest absolute Gasteiger partial charge is 0.337 e. The lowest BCUT2D eigenvalue weighted by atomic mass is 10.1. The number of nitrogens with zero attached hydrogens (tertiary/aromatic N) is 2. The third-order valence-corrected chi connectivity index (χ3v) is 4.61. The Hall–Kier alpha value is -2.31. The fourth-order valence-corrected chi connectivity index (χ4v) is 3.22. The molecule has 6 heteroatoms. The highest BCUT2D eigenvalue weighted by Crippen LogP contribution is 2.25. The van der Waals surface area contributed by atoms with Gasteiger partial charge in [-0.1, -0.05) is 6.07 Å². The number of aliphatic hydroxyl groups excluding tert-OH is 1. The van der Waals surface area contributed by atoms with E-state index in [1.807, 2.05) is 0 Å². The normalized spacial score (nSPS) is 18.4. The second kappa shape index (κ2) is 7.72. The van der Waals surface area contributed by atoms with Crippen LogP contribution in [0.4, 0.5) is 0 Å². The number of hydrogen-bond acceptors (Lipinski definition) is 5. The Morgan fingerprint density at radius 3 is 2.96 bits per heavy atom. The summed E-state index contributed by atoms with van der Waals surface area (Å²) in [7, 11) is 1.34. The number of carbonyl (C=O) groups excluding carboxylic acids is 1. The number of benzene rings is 1. The molecule has 1 aliphatic heterocycles. The van der Waals surface area contributed by atoms with Crippen LogP contribution >= 0.6 is 0 Å². The summed E-state index contributed by atoms with van der Waals surface area (Å²) in [6, 6.07) is 11.2. The lowest BCUT2D eigenvalue weighted by Gasteiger charge is -2.36. The van der Waals surface area contributed by atoms with Gasteiger partial charge in [0, 0.05) is 37.6 Å². The van der Waals surface area contributed by atoms with Gasteiger partial charge in [0.25, 0.3) is 0 Å². The van der Waals surface area contributed by atoms with Crippen molar-refractivity contribution in [1.82, 2.24) is 9.47 Å². The third kappa shape index (κ3) is 4.03. The van der Waals surface area contributed by atoms with Crippen LogP contribution in [0.15, 0.2) is 42.6 Å². The molecule has 0 amide bonds. The average molecular weight is 344 g/mol. The minimum atomic E-state index is -0.606. The third-order valence-electron chi connectivity index (χ3n) is 4.61. The Morgan fingerprint density at radius 2 is 2.16 bits per heavy atom. The quantitative estimate of drug-likeness (QED) is 0.813. The number of β-amino-alcohol motifs (C(OH)–C–C–N with tert-alkyl or cyclic N) is 1. The molecule has 1 aromatic carbocycles. The van der Waals surface area contributed by atoms with Crippen molar-refractivity contribution in [2.24, 2.45) is 0 Å². The Kier molecular flexibility index (Phi) is 5.40. The van der Waals surface area contributed by atoms with Crippen molar-refractivity contribution < 1.29 is 19.4 Å². The molecule has 2 atom stereocenters. The summed E-state index contributed by atoms with van der Waals surface area (Å²) in [5.41, 5.74) is 1.70. The van der Waals surface area contributed by atoms with Crippen molar-refractivity contribution in [3.63, 3.8) is 0 Å². The molecule has 1 aliphatic rings. The number of ether oxygens (including phenoxy) is 2. The summed E-state index contributed by atoms with van der Waals surface area (Å²) in [6.45, 7) is 4.70. The Bertz CT molecular complexity index is 728. The molecule has 0 unspecified atom stereocenters. The Morgan fingerprint density at radius 1 is 1.32 bits per heavy atom. The van der Waals surface area contributed by atoms with Gasteiger partial charge in [0.15, 0.2) is 0 Å². The van der Waals surface area contributed by atoms with Gasteiger partial charge in [-0.25, -0.2) is 4.79 Å². The van der Waals surface area contributed by atoms with Crippen LogP contribution in [0.25, 0.3) is 0 Å². The SMILES string of the molecule is COC(=O)c1cccc(OC[C@@H](O)CN2CCn3cccc3[C@H]2C)c1. The molecule has 0 spiro atoms. The molecule has 1 N–H and O–H groups in total. The topological polar surface area (TPSA) is 63.9 Å². The van der Waals surface area contributed by atoms with Crippen LogP contribution in [0.2, 0.25) is 0 Å². The number of aromatic nitrogens is 1. The second-order valence-electron chi connectivity index (χ2n) is 6.28. The first-order chi connectivity index (χ1) is 12.1. The van der Waals surface area contributed by atoms with Gasteiger partial charge in [-0.3, -0.25) is 4.90 Å². The lowest BCUT2D eigenvalue weighted by molar-refractivity contribution is 0.0452. The van der Waals surface area contributed by atoms with Crippen molar-refractivity contribution in [3.05, 3.63) is 53.9 Å². The number of rotatable bonds is 6. The predicted octanol–water partition coefficient (Wildman–Crippen LogP) is 2.09. The molecular weight excluding hydrogens is 320 g/mol. The van der Waals surface area contributed by atoms with Gasteiger partial charge in [0.1, 0.15) is 18.5 Å². The highest BCUT2D eigenvalue weighted by Gasteiger charge is 2.25. The van der Waals surface area contributed by atoms with E-state index < -0.39 is 12.1 Å². The summed E-state index contributed by atoms with van der Waals surface area (Å²) in [6.07, 6.45) is 1.49. The van der Waals surface area contributed by atoms with E-state index in [0.29, 0.717) is 17.9 Å². The highest BCUT2D eigenvalue weighted by atomic mass is 16.5. The van der Waals surface area contributed by atoms with E-state index in [2.05, 4.69) is 34.7 Å². The molecule has 2 heterocycles. The fourth-order valence-electron chi connectivity index (χ4n) is 3.22. The van der Waals surface area contributed by atoms with Gasteiger partial charge < -0.3 is 19.1 Å². The van der Waals surface area contributed by atoms with E-state index in [-0.39, 0.29) is 12.6 Å². The van der Waals surface area contributed by atoms with Crippen LogP contribution in [0.3, 0.4) is 0 Å². The van der Waals surface area contributed by atoms with Gasteiger partial charge in [-0.15, -0.1) is 0 Å². The van der Waals surface area contributed by atoms with Crippen molar-refractivity contribution in [2.45, 2.75) is 25.6 Å². The number of carbonyl (C=O) groups is 1. The van der Waals surface area contributed by atoms with Crippen LogP contribution < -0.4 is 4.74 Å². The van der Waals surface area contributed by atoms with Gasteiger partial charge in [-0.05, 0) is 37.3 Å². The van der Waals surface area contributed by atoms with Crippen molar-refractivity contribution >= 4 is 5.97 Å². The molecule has 25 heavy (non-hydrogen) atoms. The molecular formula is C19H24N2O4. The van der Waals surface area contributed by atoms with Crippen LogP contribution in [-0.2, 0) is 11.3 Å². The largest absolute Gasteiger partial charge is 0.491 e. The molecule has 0 saturated heterocycles. The van der Waals surface area contributed by atoms with E-state index in [1.54, 1.807) is 24.3 Å². The maximum atomic E-state index is 11.5. The minimum Gasteiger partial charge on any atom is -0.491 e. The maximum Gasteiger partial charge on any atom is 0.337 e. The molecule has 0 fully saturated rings. The van der Waals surface area contributed by atoms with Crippen molar-refractivity contribution in [1.29, 1.82) is 0 Å². The summed E-state index contributed by atoms with van der Waals surface area (Å²) in [5.74, 6) is 0.138. The molecule has 0 saturated carbocycles. The van der Waals surface area contributed by atoms with Crippen LogP contribution in [0.1, 0.15) is 29.0 Å². The predicted molar refractivity (Wildman–Crippen MR) is 93.7 cm³/mol. The highest BCUT2D eigenvalue weighted by molar-refractivity contribution is 5.89. The summed E-state index contributed by atoms with van der Waals surface area (Å²) in [4.78, 5) is 13.8. The summed E-state index contributed by atoms with van der Waals surface area (Å²) in [5, 5.41) is 10.3. The first-order valence-corrected chi connectivity index (χ1v) is 8.47. The lowest BCUT2D eigenvalue weighted by Crippen LogP contribution is -2.42. The molecule has 0 radical (unpaired) electrons. The average Bonchev–Trinajstić information content (AvgIpc) is 3.11. The first kappa shape index (κ1) is 17.5. The van der Waals surface area contributed by atoms with Crippen LogP contribution in [-0.4, -0.2) is 53.5 Å². The Labute approximate surface area is 147 Å². The number of hydrogen-bond donors (Lipinski definition) is 1. The fraction of sp³-hybridized carbons (Fsp3) is 0.421. The van der Waals surface area contributed by atoms with E-state index >= 15 is 0 Å². The van der Waals surface area contributed by atoms with Crippen molar-refractivity contribution in [2.75, 3.05) is 26.8 Å². The number of methoxy groups -OCH3 is 1. The van der Waals surface area contributed by atoms with Crippen molar-refractivity contribution in [3.8, 4) is 5.75 Å². The molecule has 0 aliphatic carbocycles. The molecule has 134 valence electrons. The zero-order chi connectivity index (χ0) is 17.8. The van der Waals surface area contributed by atoms with Crippen LogP contribution in [0.5, 0.6) is 5.75 Å². The van der Waals surface area contributed by atoms with E-state index in [9.17, 15) is 9.90 Å². The maximum absolute atomic E-state index is 11.5. The summed E-state index contributed by atoms with van der Waals surface area (Å²) >= 11 is 0. The first-order valence-electron chi connectivity index (χ1n) is 8.47. The second-order valence-corrected chi connectivity index (χ2v) is 6.28. The van der Waals surface area contributed by atoms with Gasteiger partial charge in [0.2, 0.25) is 0 Å². The van der Waals surface area contributed by atoms with E-state index in [4.69, 9.17) is 9.47 Å². The van der Waals surface area contributed by atoms with E-state index in [1.165, 1.54) is 12.8 Å². The van der Waals surface area contributed by atoms with Gasteiger partial charge in [0.05, 0.1) is 12.7 Å². The number of aliphatic hydroxyl groups is 1. The molecule has 2 aromatic rings. The molecule has 1 aromatic heterocycles. The zero-order valence-electron chi connectivity index (χ0n) is 14.6. The number of fused-ring (bicyclic) bond motifs is 1. The molecule has 6 nitrogen and oxygen atoms in total. The van der Waals surface area contributed by atoms with Gasteiger partial charge >= 0.3 is 5.97 Å². The number of esters is 1. The summed E-state index contributed by atoms with van der Waals surface area (Å²) < 4.78 is 12.6. The monoisotopic (exact) mass is 344 g/mol. The molecule has 0 bridgehead atoms. The van der Waals surface area contributed by atoms with Crippen LogP contribution in [0, 0.1) is 0 Å². The molecule has 3 rings (SSSR count). The standard InChI is InChI=1S/C19H24N2O4/c1-14-18-7-4-8-20(18)9-10-21(14)12-16(22)13-25-17-6-3-5-15(11-17)19(23)24-2/h3-8,11,14,16,22H,9-10,12-13H2,1-2H3/t14-,16+/m1/s1. The zero-order valence-corrected chi connectivity index (χ0v) is 14.6. The minimum absolute atomic E-state index is 0.175. The Balaban J connectivity index is 1.53. The van der Waals surface area contributed by atoms with Gasteiger partial charge in [-0.2, -0.15) is 0 Å². The van der Waals surface area contributed by atoms with E-state index in [0.717, 1.165) is 13.1 Å².